The van der Waals surface area contributed by atoms with Crippen molar-refractivity contribution in [1.82, 2.24) is 0 Å². The van der Waals surface area contributed by atoms with Gasteiger partial charge in [-0.15, -0.1) is 0 Å². The molecule has 0 N–H and O–H groups in total. The summed E-state index contributed by atoms with van der Waals surface area (Å²) in [6, 6.07) is 116. The van der Waals surface area contributed by atoms with E-state index in [1.807, 2.05) is 0 Å². The number of anilines is 11. The Morgan fingerprint density at radius 2 is 0.764 bits per heavy atom. The van der Waals surface area contributed by atoms with Crippen molar-refractivity contribution in [2.75, 3.05) is 26.6 Å². The molecule has 18 rings (SSSR count). The van der Waals surface area contributed by atoms with E-state index in [0.29, 0.717) is 0 Å². The molecule has 0 saturated heterocycles. The normalized spacial score (nSPS) is 15.0. The van der Waals surface area contributed by atoms with E-state index in [1.165, 1.54) is 134 Å². The summed E-state index contributed by atoms with van der Waals surface area (Å²) in [4.78, 5) is 9.99. The van der Waals surface area contributed by atoms with Gasteiger partial charge in [-0.1, -0.05) is 220 Å². The van der Waals surface area contributed by atoms with Gasteiger partial charge in [-0.25, -0.2) is 0 Å². The molecule has 4 nitrogen and oxygen atoms in total. The van der Waals surface area contributed by atoms with Crippen molar-refractivity contribution in [2.24, 2.45) is 0 Å². The molecule has 0 radical (unpaired) electrons. The molecule has 1 atom stereocenters. The molecular formula is C85H60N4. The molecule has 420 valence electrons. The van der Waals surface area contributed by atoms with Crippen LogP contribution in [0.3, 0.4) is 0 Å². The van der Waals surface area contributed by atoms with Crippen molar-refractivity contribution in [2.45, 2.75) is 24.7 Å². The number of hydrogen-bond donors (Lipinski definition) is 0. The first-order valence-corrected chi connectivity index (χ1v) is 31.0. The van der Waals surface area contributed by atoms with E-state index >= 15 is 0 Å². The van der Waals surface area contributed by atoms with Crippen LogP contribution in [-0.2, 0) is 10.8 Å². The highest BCUT2D eigenvalue weighted by atomic mass is 15.3. The van der Waals surface area contributed by atoms with E-state index in [0.717, 1.165) is 28.4 Å². The van der Waals surface area contributed by atoms with Gasteiger partial charge in [0.05, 0.1) is 39.5 Å². The average molecular weight is 1140 g/mol. The molecule has 4 aliphatic rings. The molecule has 0 amide bonds. The molecule has 14 aromatic rings. The van der Waals surface area contributed by atoms with Crippen molar-refractivity contribution in [3.05, 3.63) is 343 Å². The summed E-state index contributed by atoms with van der Waals surface area (Å²) >= 11 is 0. The van der Waals surface area contributed by atoms with Gasteiger partial charge in [0.15, 0.2) is 0 Å². The third kappa shape index (κ3) is 7.41. The van der Waals surface area contributed by atoms with Crippen molar-refractivity contribution < 1.29 is 0 Å². The van der Waals surface area contributed by atoms with E-state index in [-0.39, 0.29) is 0 Å². The number of para-hydroxylation sites is 6. The minimum Gasteiger partial charge on any atom is -0.341 e. The Hall–Kier alpha value is -11.2. The zero-order chi connectivity index (χ0) is 59.1. The minimum absolute atomic E-state index is 0.396. The standard InChI is InChI=1S/C85H60N4/c1-84(2)70-30-15-14-29-68(70)81-80-69-50-49-67(87(63-25-6-4-7-26-63)65-45-41-57(42-46-65)61-39-37-55-21-10-12-23-59(55)51-61)53-73(69)85(71-31-16-17-33-75(71)89-77-35-19-18-34-76(77)86(3)78-36-20-32-72(85)83(78)89)74(80)54-79(82(81)84)88(64-27-8-5-9-28-64)66-47-43-58(44-48-66)62-40-38-56-22-11-13-24-60(56)52-62/h4-54H,1-3H3. The van der Waals surface area contributed by atoms with Crippen LogP contribution >= 0.6 is 0 Å². The Morgan fingerprint density at radius 3 is 1.42 bits per heavy atom. The summed E-state index contributed by atoms with van der Waals surface area (Å²) < 4.78 is 0. The van der Waals surface area contributed by atoms with Crippen LogP contribution in [0.4, 0.5) is 62.6 Å². The van der Waals surface area contributed by atoms with E-state index < -0.39 is 10.8 Å². The Bertz CT molecular complexity index is 5200. The fourth-order valence-electron chi connectivity index (χ4n) is 15.9. The van der Waals surface area contributed by atoms with Crippen molar-refractivity contribution in [3.63, 3.8) is 0 Å². The summed E-state index contributed by atoms with van der Waals surface area (Å²) in [5.74, 6) is 0. The molecule has 1 spiro atoms. The summed E-state index contributed by atoms with van der Waals surface area (Å²) in [6.45, 7) is 4.90. The number of hydrogen-bond acceptors (Lipinski definition) is 4. The number of rotatable bonds is 8. The van der Waals surface area contributed by atoms with Gasteiger partial charge >= 0.3 is 0 Å². The molecule has 2 aliphatic carbocycles. The van der Waals surface area contributed by atoms with Gasteiger partial charge in [0.25, 0.3) is 0 Å². The maximum absolute atomic E-state index is 2.64. The lowest BCUT2D eigenvalue weighted by atomic mass is 9.63. The van der Waals surface area contributed by atoms with Crippen LogP contribution in [0.2, 0.25) is 0 Å². The molecule has 0 fully saturated rings. The first kappa shape index (κ1) is 51.1. The monoisotopic (exact) mass is 1140 g/mol. The van der Waals surface area contributed by atoms with Gasteiger partial charge in [0.1, 0.15) is 0 Å². The predicted octanol–water partition coefficient (Wildman–Crippen LogP) is 22.8. The van der Waals surface area contributed by atoms with Gasteiger partial charge in [0.2, 0.25) is 0 Å². The van der Waals surface area contributed by atoms with E-state index in [4.69, 9.17) is 0 Å². The van der Waals surface area contributed by atoms with Crippen LogP contribution in [0.1, 0.15) is 47.2 Å². The number of fused-ring (bicyclic) bond motifs is 17. The second-order valence-electron chi connectivity index (χ2n) is 24.9. The average Bonchev–Trinajstić information content (AvgIpc) is 1.56. The zero-order valence-corrected chi connectivity index (χ0v) is 49.7. The topological polar surface area (TPSA) is 13.0 Å². The number of nitrogens with zero attached hydrogens (tertiary/aromatic N) is 4. The van der Waals surface area contributed by atoms with Gasteiger partial charge in [-0.05, 0) is 203 Å². The highest BCUT2D eigenvalue weighted by molar-refractivity contribution is 6.10. The Kier molecular flexibility index (Phi) is 11.1. The smallest absolute Gasteiger partial charge is 0.0756 e. The van der Waals surface area contributed by atoms with Crippen LogP contribution in [-0.4, -0.2) is 7.05 Å². The molecule has 0 aromatic heterocycles. The molecule has 4 heteroatoms. The van der Waals surface area contributed by atoms with Crippen LogP contribution in [0, 0.1) is 0 Å². The molecular weight excluding hydrogens is 1080 g/mol. The molecule has 14 aromatic carbocycles. The summed E-state index contributed by atoms with van der Waals surface area (Å²) in [5.41, 5.74) is 28.8. The van der Waals surface area contributed by atoms with E-state index in [2.05, 4.69) is 350 Å². The summed E-state index contributed by atoms with van der Waals surface area (Å²) in [7, 11) is 2.24. The maximum Gasteiger partial charge on any atom is 0.0756 e. The summed E-state index contributed by atoms with van der Waals surface area (Å²) in [6.07, 6.45) is 0. The first-order valence-electron chi connectivity index (χ1n) is 31.0. The van der Waals surface area contributed by atoms with Crippen LogP contribution < -0.4 is 19.6 Å². The molecule has 0 bridgehead atoms. The number of benzene rings is 14. The van der Waals surface area contributed by atoms with Gasteiger partial charge in [-0.3, -0.25) is 0 Å². The first-order chi connectivity index (χ1) is 43.8. The fourth-order valence-corrected chi connectivity index (χ4v) is 15.9. The van der Waals surface area contributed by atoms with Crippen molar-refractivity contribution in [3.8, 4) is 44.5 Å². The lowest BCUT2D eigenvalue weighted by Crippen LogP contribution is -2.39. The van der Waals surface area contributed by atoms with Crippen molar-refractivity contribution in [1.29, 1.82) is 0 Å². The lowest BCUT2D eigenvalue weighted by Gasteiger charge is -2.49. The molecule has 1 unspecified atom stereocenters. The Labute approximate surface area is 519 Å². The third-order valence-corrected chi connectivity index (χ3v) is 19.9. The SMILES string of the molecule is CN1c2ccccc2N2c3ccccc3C3(c4cc(N(c5ccccc5)c5ccc(-c6ccc7ccccc7c6)cc5)ccc4-c4c3cc(N(c3ccccc3)c3ccc(-c5ccc6ccccc6c5)cc3)c3c4-c4ccccc4C3(C)C)c3cccc1c32. The largest absolute Gasteiger partial charge is 0.341 e. The van der Waals surface area contributed by atoms with Gasteiger partial charge < -0.3 is 19.6 Å². The van der Waals surface area contributed by atoms with Crippen molar-refractivity contribution >= 4 is 84.1 Å². The Balaban J connectivity index is 0.925. The van der Waals surface area contributed by atoms with E-state index in [1.54, 1.807) is 0 Å². The third-order valence-electron chi connectivity index (χ3n) is 19.9. The predicted molar refractivity (Wildman–Crippen MR) is 373 cm³/mol. The highest BCUT2D eigenvalue weighted by Gasteiger charge is 2.56. The quantitative estimate of drug-likeness (QED) is 0.150. The molecule has 89 heavy (non-hydrogen) atoms. The molecule has 0 saturated carbocycles. The van der Waals surface area contributed by atoms with E-state index in [9.17, 15) is 0 Å². The highest BCUT2D eigenvalue weighted by Crippen LogP contribution is 2.71. The van der Waals surface area contributed by atoms with Gasteiger partial charge in [0, 0.05) is 40.9 Å². The second kappa shape index (κ2) is 19.4. The summed E-state index contributed by atoms with van der Waals surface area (Å²) in [5, 5.41) is 4.96. The van der Waals surface area contributed by atoms with Crippen LogP contribution in [0.5, 0.6) is 0 Å². The zero-order valence-electron chi connectivity index (χ0n) is 49.7. The Morgan fingerprint density at radius 1 is 0.292 bits per heavy atom. The van der Waals surface area contributed by atoms with Crippen LogP contribution in [0.25, 0.3) is 66.1 Å². The maximum atomic E-state index is 2.64. The fraction of sp³-hybridized carbons (Fsp3) is 0.0588. The van der Waals surface area contributed by atoms with Gasteiger partial charge in [-0.2, -0.15) is 0 Å². The molecule has 2 heterocycles. The lowest BCUT2D eigenvalue weighted by molar-refractivity contribution is 0.660. The van der Waals surface area contributed by atoms with Crippen LogP contribution in [0.15, 0.2) is 309 Å². The minimum atomic E-state index is -0.831. The molecule has 2 aliphatic heterocycles. The second-order valence-corrected chi connectivity index (χ2v) is 24.9.